The van der Waals surface area contributed by atoms with Gasteiger partial charge in [0.1, 0.15) is 10.8 Å². The molecule has 3 nitrogen and oxygen atoms in total. The van der Waals surface area contributed by atoms with Crippen molar-refractivity contribution in [3.63, 3.8) is 0 Å². The Balaban J connectivity index is 2.55. The standard InChI is InChI=1S/C9H6Cl3NO2/c10-6-2-1-3-7(4-6)13-9(14)15-5-8(11)12/h1-5H,(H,13,14). The first-order valence-electron chi connectivity index (χ1n) is 3.82. The van der Waals surface area contributed by atoms with Crippen LogP contribution in [-0.4, -0.2) is 6.09 Å². The van der Waals surface area contributed by atoms with Crippen molar-refractivity contribution >= 4 is 46.6 Å². The van der Waals surface area contributed by atoms with Gasteiger partial charge in [0, 0.05) is 10.7 Å². The van der Waals surface area contributed by atoms with Gasteiger partial charge < -0.3 is 4.74 Å². The lowest BCUT2D eigenvalue weighted by atomic mass is 10.3. The summed E-state index contributed by atoms with van der Waals surface area (Å²) in [5, 5.41) is 2.94. The molecule has 0 atom stereocenters. The van der Waals surface area contributed by atoms with Crippen LogP contribution in [0, 0.1) is 0 Å². The molecule has 1 aromatic carbocycles. The van der Waals surface area contributed by atoms with Gasteiger partial charge in [-0.05, 0) is 18.2 Å². The molecule has 0 aliphatic heterocycles. The minimum atomic E-state index is -0.698. The third-order valence-corrected chi connectivity index (χ3v) is 1.74. The van der Waals surface area contributed by atoms with Crippen LogP contribution in [0.25, 0.3) is 0 Å². The predicted molar refractivity (Wildman–Crippen MR) is 61.3 cm³/mol. The summed E-state index contributed by atoms with van der Waals surface area (Å²) in [6.45, 7) is 0. The van der Waals surface area contributed by atoms with E-state index in [2.05, 4.69) is 10.1 Å². The zero-order valence-corrected chi connectivity index (χ0v) is 9.60. The molecule has 6 heteroatoms. The van der Waals surface area contributed by atoms with Gasteiger partial charge in [0.15, 0.2) is 0 Å². The lowest BCUT2D eigenvalue weighted by Crippen LogP contribution is -2.10. The van der Waals surface area contributed by atoms with Crippen molar-refractivity contribution in [3.8, 4) is 0 Å². The number of ether oxygens (including phenoxy) is 1. The minimum absolute atomic E-state index is 0.142. The summed E-state index contributed by atoms with van der Waals surface area (Å²) >= 11 is 16.2. The first kappa shape index (κ1) is 12.2. The highest BCUT2D eigenvalue weighted by Crippen LogP contribution is 2.15. The fourth-order valence-corrected chi connectivity index (χ4v) is 1.09. The zero-order chi connectivity index (χ0) is 11.3. The first-order chi connectivity index (χ1) is 7.08. The van der Waals surface area contributed by atoms with Crippen LogP contribution in [0.1, 0.15) is 0 Å². The number of nitrogens with one attached hydrogen (secondary N) is 1. The monoisotopic (exact) mass is 265 g/mol. The summed E-state index contributed by atoms with van der Waals surface area (Å²) < 4.78 is 4.39. The number of benzene rings is 1. The van der Waals surface area contributed by atoms with Crippen LogP contribution in [0.15, 0.2) is 35.0 Å². The van der Waals surface area contributed by atoms with E-state index in [1.807, 2.05) is 0 Å². The van der Waals surface area contributed by atoms with Gasteiger partial charge in [-0.15, -0.1) is 0 Å². The molecule has 0 fully saturated rings. The molecular weight excluding hydrogens is 260 g/mol. The number of carbonyl (C=O) groups is 1. The van der Waals surface area contributed by atoms with Crippen LogP contribution in [0.5, 0.6) is 0 Å². The quantitative estimate of drug-likeness (QED) is 0.816. The van der Waals surface area contributed by atoms with Gasteiger partial charge in [-0.1, -0.05) is 40.9 Å². The predicted octanol–water partition coefficient (Wildman–Crippen LogP) is 4.17. The van der Waals surface area contributed by atoms with E-state index in [1.165, 1.54) is 0 Å². The molecule has 0 spiro atoms. The van der Waals surface area contributed by atoms with Crippen molar-refractivity contribution < 1.29 is 9.53 Å². The van der Waals surface area contributed by atoms with Gasteiger partial charge in [0.25, 0.3) is 0 Å². The van der Waals surface area contributed by atoms with Gasteiger partial charge >= 0.3 is 6.09 Å². The number of amides is 1. The molecule has 1 aromatic rings. The molecule has 0 aromatic heterocycles. The molecule has 1 amide bonds. The van der Waals surface area contributed by atoms with Crippen molar-refractivity contribution in [1.82, 2.24) is 0 Å². The van der Waals surface area contributed by atoms with E-state index in [9.17, 15) is 4.79 Å². The number of hydrogen-bond donors (Lipinski definition) is 1. The van der Waals surface area contributed by atoms with Crippen LogP contribution in [-0.2, 0) is 4.74 Å². The number of halogens is 3. The second-order valence-electron chi connectivity index (χ2n) is 2.45. The number of rotatable bonds is 2. The summed E-state index contributed by atoms with van der Waals surface area (Å²) in [6, 6.07) is 6.63. The van der Waals surface area contributed by atoms with Gasteiger partial charge in [0.2, 0.25) is 0 Å². The Labute approximate surface area is 102 Å². The number of carbonyl (C=O) groups excluding carboxylic acids is 1. The van der Waals surface area contributed by atoms with E-state index in [0.717, 1.165) is 6.26 Å². The van der Waals surface area contributed by atoms with E-state index in [1.54, 1.807) is 24.3 Å². The number of hydrogen-bond acceptors (Lipinski definition) is 2. The summed E-state index contributed by atoms with van der Waals surface area (Å²) in [6.07, 6.45) is 0.222. The molecule has 0 aliphatic rings. The van der Waals surface area contributed by atoms with Crippen LogP contribution < -0.4 is 5.32 Å². The fraction of sp³-hybridized carbons (Fsp3) is 0. The van der Waals surface area contributed by atoms with E-state index >= 15 is 0 Å². The maximum Gasteiger partial charge on any atom is 0.416 e. The highest BCUT2D eigenvalue weighted by atomic mass is 35.5. The summed E-state index contributed by atoms with van der Waals surface area (Å²) in [5.74, 6) is 0. The van der Waals surface area contributed by atoms with E-state index < -0.39 is 6.09 Å². The lowest BCUT2D eigenvalue weighted by Gasteiger charge is -2.03. The van der Waals surface area contributed by atoms with Crippen molar-refractivity contribution in [2.75, 3.05) is 5.32 Å². The van der Waals surface area contributed by atoms with Gasteiger partial charge in [-0.3, -0.25) is 5.32 Å². The first-order valence-corrected chi connectivity index (χ1v) is 4.95. The molecule has 0 saturated carbocycles. The molecule has 80 valence electrons. The normalized spacial score (nSPS) is 9.27. The second-order valence-corrected chi connectivity index (χ2v) is 3.89. The van der Waals surface area contributed by atoms with Crippen LogP contribution >= 0.6 is 34.8 Å². The molecular formula is C9H6Cl3NO2. The highest BCUT2D eigenvalue weighted by Gasteiger charge is 2.01. The molecule has 0 saturated heterocycles. The lowest BCUT2D eigenvalue weighted by molar-refractivity contribution is 0.201. The smallest absolute Gasteiger partial charge is 0.416 e. The Morgan fingerprint density at radius 1 is 1.40 bits per heavy atom. The summed E-state index contributed by atoms with van der Waals surface area (Å²) in [4.78, 5) is 11.1. The topological polar surface area (TPSA) is 38.3 Å². The van der Waals surface area contributed by atoms with Crippen molar-refractivity contribution in [3.05, 3.63) is 40.0 Å². The molecule has 0 aliphatic carbocycles. The third-order valence-electron chi connectivity index (χ3n) is 1.33. The second kappa shape index (κ2) is 5.85. The average molecular weight is 267 g/mol. The Kier molecular flexibility index (Phi) is 4.75. The number of anilines is 1. The van der Waals surface area contributed by atoms with Crippen molar-refractivity contribution in [2.45, 2.75) is 0 Å². The van der Waals surface area contributed by atoms with E-state index in [4.69, 9.17) is 34.8 Å². The average Bonchev–Trinajstić information content (AvgIpc) is 2.15. The molecule has 15 heavy (non-hydrogen) atoms. The van der Waals surface area contributed by atoms with Crippen LogP contribution in [0.3, 0.4) is 0 Å². The molecule has 0 unspecified atom stereocenters. The van der Waals surface area contributed by atoms with E-state index in [-0.39, 0.29) is 4.49 Å². The highest BCUT2D eigenvalue weighted by molar-refractivity contribution is 6.55. The Bertz CT molecular complexity index is 389. The Hall–Kier alpha value is -0.900. The maximum absolute atomic E-state index is 11.1. The van der Waals surface area contributed by atoms with Crippen LogP contribution in [0.2, 0.25) is 5.02 Å². The molecule has 1 rings (SSSR count). The van der Waals surface area contributed by atoms with Crippen LogP contribution in [0.4, 0.5) is 10.5 Å². The van der Waals surface area contributed by atoms with Crippen molar-refractivity contribution in [2.24, 2.45) is 0 Å². The van der Waals surface area contributed by atoms with E-state index in [0.29, 0.717) is 10.7 Å². The molecule has 1 N–H and O–H groups in total. The Morgan fingerprint density at radius 2 is 2.13 bits per heavy atom. The molecule has 0 radical (unpaired) electrons. The SMILES string of the molecule is O=C(Nc1cccc(Cl)c1)OC=C(Cl)Cl. The largest absolute Gasteiger partial charge is 0.416 e. The maximum atomic E-state index is 11.1. The third kappa shape index (κ3) is 4.93. The Morgan fingerprint density at radius 3 is 2.73 bits per heavy atom. The fourth-order valence-electron chi connectivity index (χ4n) is 0.812. The minimum Gasteiger partial charge on any atom is -0.416 e. The zero-order valence-electron chi connectivity index (χ0n) is 7.34. The van der Waals surface area contributed by atoms with Crippen molar-refractivity contribution in [1.29, 1.82) is 0 Å². The molecule has 0 bridgehead atoms. The molecule has 0 heterocycles. The summed E-state index contributed by atoms with van der Waals surface area (Å²) in [5.41, 5.74) is 0.520. The van der Waals surface area contributed by atoms with Gasteiger partial charge in [-0.25, -0.2) is 4.79 Å². The van der Waals surface area contributed by atoms with Gasteiger partial charge in [-0.2, -0.15) is 0 Å². The summed E-state index contributed by atoms with van der Waals surface area (Å²) in [7, 11) is 0. The van der Waals surface area contributed by atoms with Gasteiger partial charge in [0.05, 0.1) is 0 Å².